The molecule has 0 unspecified atom stereocenters. The van der Waals surface area contributed by atoms with Gasteiger partial charge in [0.1, 0.15) is 16.3 Å². The zero-order valence-electron chi connectivity index (χ0n) is 15.1. The first kappa shape index (κ1) is 19.5. The fraction of sp³-hybridized carbons (Fsp3) is 0.0476. The van der Waals surface area contributed by atoms with Crippen molar-refractivity contribution in [2.45, 2.75) is 0 Å². The number of thiophene rings is 1. The Morgan fingerprint density at radius 2 is 1.86 bits per heavy atom. The standard InChI is InChI=1S/C21H14Cl2N2O3S/c1-28-21(27)17-14(11-5-7-13(22)8-6-11)10-29-20(17)25-19(26)16-9-12-3-2-4-15(23)18(12)24-16/h2-10,24H,1H3,(H,25,26). The molecule has 4 aromatic rings. The van der Waals surface area contributed by atoms with Crippen LogP contribution in [0.15, 0.2) is 53.9 Å². The maximum Gasteiger partial charge on any atom is 0.341 e. The summed E-state index contributed by atoms with van der Waals surface area (Å²) < 4.78 is 4.94. The molecule has 0 atom stereocenters. The van der Waals surface area contributed by atoms with E-state index in [0.29, 0.717) is 37.4 Å². The lowest BCUT2D eigenvalue weighted by Gasteiger charge is -2.07. The predicted molar refractivity (Wildman–Crippen MR) is 117 cm³/mol. The van der Waals surface area contributed by atoms with Gasteiger partial charge in [0.2, 0.25) is 0 Å². The Labute approximate surface area is 180 Å². The SMILES string of the molecule is COC(=O)c1c(-c2ccc(Cl)cc2)csc1NC(=O)c1cc2cccc(Cl)c2[nH]1. The molecule has 146 valence electrons. The predicted octanol–water partition coefficient (Wildman–Crippen LogP) is 6.24. The van der Waals surface area contributed by atoms with E-state index in [1.54, 1.807) is 29.6 Å². The number of aromatic nitrogens is 1. The lowest BCUT2D eigenvalue weighted by Crippen LogP contribution is -2.14. The number of halogens is 2. The molecular formula is C21H14Cl2N2O3S. The smallest absolute Gasteiger partial charge is 0.341 e. The zero-order chi connectivity index (χ0) is 20.5. The van der Waals surface area contributed by atoms with Crippen LogP contribution in [0.25, 0.3) is 22.0 Å². The molecule has 0 radical (unpaired) electrons. The minimum atomic E-state index is -0.536. The highest BCUT2D eigenvalue weighted by atomic mass is 35.5. The van der Waals surface area contributed by atoms with Crippen molar-refractivity contribution in [3.05, 3.63) is 75.2 Å². The number of anilines is 1. The van der Waals surface area contributed by atoms with Crippen LogP contribution in [0.2, 0.25) is 10.0 Å². The van der Waals surface area contributed by atoms with Crippen molar-refractivity contribution in [1.82, 2.24) is 4.98 Å². The Bertz CT molecular complexity index is 1230. The second kappa shape index (κ2) is 7.91. The molecule has 2 aromatic carbocycles. The number of hydrogen-bond donors (Lipinski definition) is 2. The molecule has 2 heterocycles. The second-order valence-electron chi connectivity index (χ2n) is 6.19. The van der Waals surface area contributed by atoms with Gasteiger partial charge in [-0.05, 0) is 29.8 Å². The highest BCUT2D eigenvalue weighted by molar-refractivity contribution is 7.15. The quantitative estimate of drug-likeness (QED) is 0.365. The Kier molecular flexibility index (Phi) is 5.32. The van der Waals surface area contributed by atoms with E-state index in [0.717, 1.165) is 10.9 Å². The molecule has 0 aliphatic rings. The van der Waals surface area contributed by atoms with Crippen molar-refractivity contribution in [1.29, 1.82) is 0 Å². The highest BCUT2D eigenvalue weighted by Gasteiger charge is 2.23. The number of aromatic amines is 1. The molecule has 0 aliphatic heterocycles. The summed E-state index contributed by atoms with van der Waals surface area (Å²) in [6.07, 6.45) is 0. The maximum atomic E-state index is 12.8. The third-order valence-corrected chi connectivity index (χ3v) is 5.88. The number of H-pyrrole nitrogens is 1. The third-order valence-electron chi connectivity index (χ3n) is 4.41. The monoisotopic (exact) mass is 444 g/mol. The van der Waals surface area contributed by atoms with Crippen LogP contribution < -0.4 is 5.32 Å². The van der Waals surface area contributed by atoms with Crippen LogP contribution in [0.4, 0.5) is 5.00 Å². The number of carbonyl (C=O) groups excluding carboxylic acids is 2. The molecule has 0 aliphatic carbocycles. The molecular weight excluding hydrogens is 431 g/mol. The number of para-hydroxylation sites is 1. The summed E-state index contributed by atoms with van der Waals surface area (Å²) >= 11 is 13.4. The molecule has 0 saturated heterocycles. The highest BCUT2D eigenvalue weighted by Crippen LogP contribution is 2.37. The largest absolute Gasteiger partial charge is 0.465 e. The second-order valence-corrected chi connectivity index (χ2v) is 7.92. The van der Waals surface area contributed by atoms with Gasteiger partial charge in [-0.3, -0.25) is 4.79 Å². The van der Waals surface area contributed by atoms with Crippen LogP contribution in [0.5, 0.6) is 0 Å². The number of carbonyl (C=O) groups is 2. The first-order chi connectivity index (χ1) is 14.0. The van der Waals surface area contributed by atoms with Gasteiger partial charge in [-0.15, -0.1) is 11.3 Å². The molecule has 2 N–H and O–H groups in total. The van der Waals surface area contributed by atoms with Crippen LogP contribution in [0.3, 0.4) is 0 Å². The Hall–Kier alpha value is -2.80. The summed E-state index contributed by atoms with van der Waals surface area (Å²) in [5.41, 5.74) is 2.77. The number of benzene rings is 2. The Balaban J connectivity index is 1.70. The van der Waals surface area contributed by atoms with Crippen molar-refractivity contribution in [2.75, 3.05) is 12.4 Å². The number of methoxy groups -OCH3 is 1. The van der Waals surface area contributed by atoms with E-state index in [9.17, 15) is 9.59 Å². The topological polar surface area (TPSA) is 71.2 Å². The minimum Gasteiger partial charge on any atom is -0.465 e. The number of ether oxygens (including phenoxy) is 1. The molecule has 0 bridgehead atoms. The molecule has 29 heavy (non-hydrogen) atoms. The maximum absolute atomic E-state index is 12.8. The zero-order valence-corrected chi connectivity index (χ0v) is 17.4. The van der Waals surface area contributed by atoms with Crippen molar-refractivity contribution in [3.8, 4) is 11.1 Å². The molecule has 0 spiro atoms. The summed E-state index contributed by atoms with van der Waals surface area (Å²) in [5, 5.41) is 6.94. The summed E-state index contributed by atoms with van der Waals surface area (Å²) in [4.78, 5) is 28.3. The van der Waals surface area contributed by atoms with E-state index in [-0.39, 0.29) is 5.91 Å². The van der Waals surface area contributed by atoms with E-state index < -0.39 is 5.97 Å². The van der Waals surface area contributed by atoms with E-state index in [1.165, 1.54) is 18.4 Å². The van der Waals surface area contributed by atoms with Gasteiger partial charge in [0, 0.05) is 21.4 Å². The first-order valence-electron chi connectivity index (χ1n) is 8.52. The lowest BCUT2D eigenvalue weighted by molar-refractivity contribution is 0.0603. The number of amides is 1. The summed E-state index contributed by atoms with van der Waals surface area (Å²) in [7, 11) is 1.30. The van der Waals surface area contributed by atoms with Gasteiger partial charge in [0.25, 0.3) is 5.91 Å². The van der Waals surface area contributed by atoms with Crippen molar-refractivity contribution >= 4 is 62.3 Å². The van der Waals surface area contributed by atoms with E-state index in [2.05, 4.69) is 10.3 Å². The van der Waals surface area contributed by atoms with Crippen LogP contribution in [0.1, 0.15) is 20.8 Å². The number of rotatable bonds is 4. The lowest BCUT2D eigenvalue weighted by atomic mass is 10.0. The van der Waals surface area contributed by atoms with E-state index in [1.807, 2.05) is 24.3 Å². The van der Waals surface area contributed by atoms with Crippen LogP contribution >= 0.6 is 34.5 Å². The first-order valence-corrected chi connectivity index (χ1v) is 10.2. The van der Waals surface area contributed by atoms with Crippen LogP contribution in [-0.2, 0) is 4.74 Å². The van der Waals surface area contributed by atoms with Crippen LogP contribution in [0, 0.1) is 0 Å². The number of hydrogen-bond acceptors (Lipinski definition) is 4. The summed E-state index contributed by atoms with van der Waals surface area (Å²) in [6.45, 7) is 0. The van der Waals surface area contributed by atoms with Gasteiger partial charge in [0.05, 0.1) is 17.6 Å². The Morgan fingerprint density at radius 3 is 2.55 bits per heavy atom. The Morgan fingerprint density at radius 1 is 1.10 bits per heavy atom. The summed E-state index contributed by atoms with van der Waals surface area (Å²) in [5.74, 6) is -0.918. The van der Waals surface area contributed by atoms with Gasteiger partial charge < -0.3 is 15.0 Å². The molecule has 8 heteroatoms. The number of fused-ring (bicyclic) bond motifs is 1. The summed E-state index contributed by atoms with van der Waals surface area (Å²) in [6, 6.07) is 14.2. The fourth-order valence-corrected chi connectivity index (χ4v) is 4.32. The average molecular weight is 445 g/mol. The van der Waals surface area contributed by atoms with Gasteiger partial charge in [-0.25, -0.2) is 4.79 Å². The van der Waals surface area contributed by atoms with Crippen LogP contribution in [-0.4, -0.2) is 24.0 Å². The molecule has 5 nitrogen and oxygen atoms in total. The van der Waals surface area contributed by atoms with Gasteiger partial charge in [0.15, 0.2) is 0 Å². The van der Waals surface area contributed by atoms with Crippen molar-refractivity contribution < 1.29 is 14.3 Å². The molecule has 0 saturated carbocycles. The normalized spacial score (nSPS) is 10.9. The van der Waals surface area contributed by atoms with E-state index >= 15 is 0 Å². The van der Waals surface area contributed by atoms with Gasteiger partial charge >= 0.3 is 5.97 Å². The van der Waals surface area contributed by atoms with Crippen molar-refractivity contribution in [3.63, 3.8) is 0 Å². The minimum absolute atomic E-state index is 0.294. The molecule has 1 amide bonds. The fourth-order valence-electron chi connectivity index (χ4n) is 3.01. The number of esters is 1. The third kappa shape index (κ3) is 3.74. The van der Waals surface area contributed by atoms with E-state index in [4.69, 9.17) is 27.9 Å². The molecule has 0 fully saturated rings. The van der Waals surface area contributed by atoms with Gasteiger partial charge in [-0.2, -0.15) is 0 Å². The number of nitrogens with one attached hydrogen (secondary N) is 2. The molecule has 2 aromatic heterocycles. The molecule has 4 rings (SSSR count). The van der Waals surface area contributed by atoms with Crippen molar-refractivity contribution in [2.24, 2.45) is 0 Å². The van der Waals surface area contributed by atoms with Gasteiger partial charge in [-0.1, -0.05) is 47.5 Å². The average Bonchev–Trinajstić information content (AvgIpc) is 3.33.